The van der Waals surface area contributed by atoms with Crippen molar-refractivity contribution in [1.29, 1.82) is 0 Å². The fourth-order valence-corrected chi connectivity index (χ4v) is 3.69. The Bertz CT molecular complexity index is 565. The van der Waals surface area contributed by atoms with Gasteiger partial charge in [0, 0.05) is 19.3 Å². The number of rotatable bonds is 4. The Kier molecular flexibility index (Phi) is 4.68. The zero-order valence-electron chi connectivity index (χ0n) is 10.3. The number of sulfonamides is 1. The molecule has 2 rings (SSSR count). The van der Waals surface area contributed by atoms with Crippen molar-refractivity contribution >= 4 is 33.2 Å². The van der Waals surface area contributed by atoms with Gasteiger partial charge in [-0.3, -0.25) is 0 Å². The molecule has 8 heteroatoms. The summed E-state index contributed by atoms with van der Waals surface area (Å²) in [4.78, 5) is 3.76. The van der Waals surface area contributed by atoms with Crippen molar-refractivity contribution in [3.8, 4) is 0 Å². The van der Waals surface area contributed by atoms with E-state index in [1.165, 1.54) is 12.3 Å². The first-order valence-electron chi connectivity index (χ1n) is 5.78. The molecule has 0 aliphatic heterocycles. The smallest absolute Gasteiger partial charge is 0.242 e. The Hall–Kier alpha value is -0.400. The summed E-state index contributed by atoms with van der Waals surface area (Å²) >= 11 is 11.4. The Balaban J connectivity index is 2.12. The van der Waals surface area contributed by atoms with Crippen molar-refractivity contribution in [1.82, 2.24) is 9.71 Å². The lowest BCUT2D eigenvalue weighted by molar-refractivity contribution is 0.107. The van der Waals surface area contributed by atoms with Crippen molar-refractivity contribution in [3.05, 3.63) is 22.4 Å². The lowest BCUT2D eigenvalue weighted by Crippen LogP contribution is -2.33. The number of nitrogens with one attached hydrogen (secondary N) is 1. The van der Waals surface area contributed by atoms with E-state index < -0.39 is 10.0 Å². The van der Waals surface area contributed by atoms with Gasteiger partial charge in [0.15, 0.2) is 0 Å². The summed E-state index contributed by atoms with van der Waals surface area (Å²) in [5, 5.41) is 0.201. The van der Waals surface area contributed by atoms with E-state index in [1.807, 2.05) is 0 Å². The summed E-state index contributed by atoms with van der Waals surface area (Å²) < 4.78 is 32.1. The fourth-order valence-electron chi connectivity index (χ4n) is 2.10. The van der Waals surface area contributed by atoms with Crippen LogP contribution in [0.3, 0.4) is 0 Å². The van der Waals surface area contributed by atoms with Gasteiger partial charge in [0.05, 0.1) is 11.1 Å². The Morgan fingerprint density at radius 1 is 1.42 bits per heavy atom. The predicted molar refractivity (Wildman–Crippen MR) is 73.0 cm³/mol. The molecule has 1 aromatic heterocycles. The summed E-state index contributed by atoms with van der Waals surface area (Å²) in [6, 6.07) is 1.17. The zero-order valence-corrected chi connectivity index (χ0v) is 12.6. The quantitative estimate of drug-likeness (QED) is 0.862. The second-order valence-corrected chi connectivity index (χ2v) is 6.91. The van der Waals surface area contributed by atoms with Gasteiger partial charge in [-0.1, -0.05) is 23.2 Å². The third kappa shape index (κ3) is 3.58. The highest BCUT2D eigenvalue weighted by Crippen LogP contribution is 2.25. The number of methoxy groups -OCH3 is 1. The number of nitrogens with zero attached hydrogens (tertiary/aromatic N) is 1. The molecule has 5 nitrogen and oxygen atoms in total. The van der Waals surface area contributed by atoms with E-state index in [-0.39, 0.29) is 27.2 Å². The number of hydrogen-bond donors (Lipinski definition) is 1. The van der Waals surface area contributed by atoms with Crippen LogP contribution in [0.15, 0.2) is 17.2 Å². The second-order valence-electron chi connectivity index (χ2n) is 4.43. The minimum Gasteiger partial charge on any atom is -0.381 e. The third-order valence-electron chi connectivity index (χ3n) is 3.12. The average Bonchev–Trinajstić information content (AvgIpc) is 2.79. The molecule has 0 amide bonds. The van der Waals surface area contributed by atoms with Crippen LogP contribution in [0.2, 0.25) is 10.2 Å². The number of pyridine rings is 1. The van der Waals surface area contributed by atoms with Crippen LogP contribution in [-0.4, -0.2) is 32.7 Å². The van der Waals surface area contributed by atoms with Gasteiger partial charge in [0.1, 0.15) is 10.0 Å². The zero-order chi connectivity index (χ0) is 14.0. The largest absolute Gasteiger partial charge is 0.381 e. The minimum absolute atomic E-state index is 0.0165. The SMILES string of the molecule is COC1CCC(NS(=O)(=O)c2cnc(Cl)c(Cl)c2)C1. The van der Waals surface area contributed by atoms with Gasteiger partial charge in [-0.25, -0.2) is 18.1 Å². The van der Waals surface area contributed by atoms with Crippen LogP contribution >= 0.6 is 23.2 Å². The first-order chi connectivity index (χ1) is 8.92. The van der Waals surface area contributed by atoms with Crippen LogP contribution in [0.5, 0.6) is 0 Å². The van der Waals surface area contributed by atoms with Gasteiger partial charge in [0.2, 0.25) is 10.0 Å². The monoisotopic (exact) mass is 324 g/mol. The van der Waals surface area contributed by atoms with Crippen molar-refractivity contribution in [2.75, 3.05) is 7.11 Å². The summed E-state index contributed by atoms with van der Waals surface area (Å²) in [6.45, 7) is 0. The molecule has 1 heterocycles. The predicted octanol–water partition coefficient (Wildman–Crippen LogP) is 2.23. The molecule has 1 saturated carbocycles. The maximum Gasteiger partial charge on any atom is 0.242 e. The topological polar surface area (TPSA) is 68.3 Å². The minimum atomic E-state index is -3.63. The lowest BCUT2D eigenvalue weighted by Gasteiger charge is -2.13. The van der Waals surface area contributed by atoms with E-state index >= 15 is 0 Å². The second kappa shape index (κ2) is 5.93. The molecular formula is C11H14Cl2N2O3S. The Morgan fingerprint density at radius 3 is 2.74 bits per heavy atom. The lowest BCUT2D eigenvalue weighted by atomic mass is 10.3. The van der Waals surface area contributed by atoms with Crippen molar-refractivity contribution < 1.29 is 13.2 Å². The van der Waals surface area contributed by atoms with E-state index in [9.17, 15) is 8.42 Å². The highest BCUT2D eigenvalue weighted by Gasteiger charge is 2.29. The number of aromatic nitrogens is 1. The van der Waals surface area contributed by atoms with E-state index in [0.29, 0.717) is 6.42 Å². The van der Waals surface area contributed by atoms with Crippen LogP contribution in [0.25, 0.3) is 0 Å². The fraction of sp³-hybridized carbons (Fsp3) is 0.545. The number of ether oxygens (including phenoxy) is 1. The molecule has 0 aromatic carbocycles. The third-order valence-corrected chi connectivity index (χ3v) is 5.29. The van der Waals surface area contributed by atoms with E-state index in [1.54, 1.807) is 7.11 Å². The summed E-state index contributed by atoms with van der Waals surface area (Å²) in [5.41, 5.74) is 0. The van der Waals surface area contributed by atoms with Gasteiger partial charge in [-0.05, 0) is 25.3 Å². The summed E-state index contributed by atoms with van der Waals surface area (Å²) in [6.07, 6.45) is 3.58. The van der Waals surface area contributed by atoms with Gasteiger partial charge in [-0.2, -0.15) is 0 Å². The summed E-state index contributed by atoms with van der Waals surface area (Å²) in [7, 11) is -2.00. The molecule has 1 N–H and O–H groups in total. The normalized spacial score (nSPS) is 23.7. The molecule has 2 unspecified atom stereocenters. The Labute approximate surface area is 122 Å². The van der Waals surface area contributed by atoms with Crippen molar-refractivity contribution in [3.63, 3.8) is 0 Å². The van der Waals surface area contributed by atoms with E-state index in [0.717, 1.165) is 12.8 Å². The summed E-state index contributed by atoms with van der Waals surface area (Å²) in [5.74, 6) is 0. The molecule has 19 heavy (non-hydrogen) atoms. The van der Waals surface area contributed by atoms with E-state index in [2.05, 4.69) is 9.71 Å². The number of halogens is 2. The van der Waals surface area contributed by atoms with Crippen LogP contribution in [-0.2, 0) is 14.8 Å². The van der Waals surface area contributed by atoms with Gasteiger partial charge < -0.3 is 4.74 Å². The molecular weight excluding hydrogens is 311 g/mol. The van der Waals surface area contributed by atoms with Gasteiger partial charge in [0.25, 0.3) is 0 Å². The molecule has 1 aromatic rings. The molecule has 0 spiro atoms. The van der Waals surface area contributed by atoms with Crippen LogP contribution in [0, 0.1) is 0 Å². The van der Waals surface area contributed by atoms with Crippen molar-refractivity contribution in [2.24, 2.45) is 0 Å². The standard InChI is InChI=1S/C11H14Cl2N2O3S/c1-18-8-3-2-7(4-8)15-19(16,17)9-5-10(12)11(13)14-6-9/h5-8,15H,2-4H2,1H3. The maximum absolute atomic E-state index is 12.2. The van der Waals surface area contributed by atoms with Crippen molar-refractivity contribution in [2.45, 2.75) is 36.3 Å². The molecule has 1 aliphatic rings. The van der Waals surface area contributed by atoms with Crippen LogP contribution < -0.4 is 4.72 Å². The average molecular weight is 325 g/mol. The molecule has 106 valence electrons. The van der Waals surface area contributed by atoms with Crippen LogP contribution in [0.4, 0.5) is 0 Å². The molecule has 1 fully saturated rings. The molecule has 1 aliphatic carbocycles. The first kappa shape index (κ1) is 15.0. The maximum atomic E-state index is 12.2. The molecule has 2 atom stereocenters. The van der Waals surface area contributed by atoms with E-state index in [4.69, 9.17) is 27.9 Å². The van der Waals surface area contributed by atoms with Gasteiger partial charge in [-0.15, -0.1) is 0 Å². The first-order valence-corrected chi connectivity index (χ1v) is 8.02. The molecule has 0 saturated heterocycles. The number of hydrogen-bond acceptors (Lipinski definition) is 4. The molecule has 0 bridgehead atoms. The van der Waals surface area contributed by atoms with Gasteiger partial charge >= 0.3 is 0 Å². The highest BCUT2D eigenvalue weighted by molar-refractivity contribution is 7.89. The van der Waals surface area contributed by atoms with Crippen LogP contribution in [0.1, 0.15) is 19.3 Å². The molecule has 0 radical (unpaired) electrons. The highest BCUT2D eigenvalue weighted by atomic mass is 35.5. The Morgan fingerprint density at radius 2 is 2.16 bits per heavy atom.